The fourth-order valence-electron chi connectivity index (χ4n) is 2.78. The lowest BCUT2D eigenvalue weighted by Crippen LogP contribution is -2.49. The first-order chi connectivity index (χ1) is 10.2. The summed E-state index contributed by atoms with van der Waals surface area (Å²) in [6, 6.07) is 4.03. The molecule has 0 aliphatic heterocycles. The van der Waals surface area contributed by atoms with Gasteiger partial charge in [-0.2, -0.15) is 0 Å². The number of thiazole rings is 1. The van der Waals surface area contributed by atoms with Crippen molar-refractivity contribution in [3.63, 3.8) is 0 Å². The molecule has 1 saturated carbocycles. The van der Waals surface area contributed by atoms with E-state index in [2.05, 4.69) is 10.3 Å². The molecule has 112 valence electrons. The third kappa shape index (κ3) is 3.33. The molecule has 4 nitrogen and oxygen atoms in total. The van der Waals surface area contributed by atoms with Crippen molar-refractivity contribution in [1.29, 1.82) is 0 Å². The number of thiophene rings is 1. The molecule has 1 amide bonds. The Morgan fingerprint density at radius 2 is 2.19 bits per heavy atom. The molecule has 0 unspecified atom stereocenters. The Labute approximate surface area is 131 Å². The Morgan fingerprint density at radius 3 is 2.86 bits per heavy atom. The normalized spacial score (nSPS) is 17.0. The van der Waals surface area contributed by atoms with Crippen LogP contribution in [0.25, 0.3) is 9.88 Å². The van der Waals surface area contributed by atoms with Crippen LogP contribution in [-0.4, -0.2) is 28.1 Å². The van der Waals surface area contributed by atoms with Gasteiger partial charge in [-0.05, 0) is 24.3 Å². The number of aliphatic hydroxyl groups excluding tert-OH is 1. The summed E-state index contributed by atoms with van der Waals surface area (Å²) in [7, 11) is 0. The number of carbonyl (C=O) groups is 1. The monoisotopic (exact) mass is 322 g/mol. The van der Waals surface area contributed by atoms with Crippen LogP contribution in [0.1, 0.15) is 31.4 Å². The third-order valence-corrected chi connectivity index (χ3v) is 5.82. The van der Waals surface area contributed by atoms with Crippen molar-refractivity contribution in [3.8, 4) is 9.88 Å². The molecular weight excluding hydrogens is 304 g/mol. The molecule has 0 spiro atoms. The average molecular weight is 322 g/mol. The lowest BCUT2D eigenvalue weighted by atomic mass is 9.98. The molecule has 1 aliphatic rings. The number of hydrogen-bond donors (Lipinski definition) is 2. The summed E-state index contributed by atoms with van der Waals surface area (Å²) in [5.41, 5.74) is 0.399. The summed E-state index contributed by atoms with van der Waals surface area (Å²) in [5, 5.41) is 17.5. The van der Waals surface area contributed by atoms with Crippen LogP contribution >= 0.6 is 22.7 Å². The van der Waals surface area contributed by atoms with Gasteiger partial charge < -0.3 is 10.4 Å². The second kappa shape index (κ2) is 6.25. The van der Waals surface area contributed by atoms with E-state index in [1.807, 2.05) is 22.9 Å². The quantitative estimate of drug-likeness (QED) is 0.890. The number of hydrogen-bond acceptors (Lipinski definition) is 5. The number of aliphatic hydroxyl groups is 1. The summed E-state index contributed by atoms with van der Waals surface area (Å²) in [5.74, 6) is -0.0472. The van der Waals surface area contributed by atoms with Gasteiger partial charge in [-0.1, -0.05) is 18.9 Å². The van der Waals surface area contributed by atoms with Gasteiger partial charge in [-0.15, -0.1) is 22.7 Å². The molecule has 2 N–H and O–H groups in total. The minimum absolute atomic E-state index is 0.0241. The van der Waals surface area contributed by atoms with Gasteiger partial charge in [-0.25, -0.2) is 4.98 Å². The van der Waals surface area contributed by atoms with E-state index in [0.717, 1.165) is 41.3 Å². The number of amides is 1. The third-order valence-electron chi connectivity index (χ3n) is 3.89. The zero-order valence-corrected chi connectivity index (χ0v) is 13.3. The maximum atomic E-state index is 12.2. The number of nitrogens with one attached hydrogen (secondary N) is 1. The molecule has 3 rings (SSSR count). The van der Waals surface area contributed by atoms with Crippen LogP contribution in [0.2, 0.25) is 0 Å². The van der Waals surface area contributed by atoms with Crippen LogP contribution in [-0.2, 0) is 11.2 Å². The van der Waals surface area contributed by atoms with E-state index >= 15 is 0 Å². The summed E-state index contributed by atoms with van der Waals surface area (Å²) >= 11 is 3.22. The van der Waals surface area contributed by atoms with E-state index in [1.165, 1.54) is 0 Å². The predicted octanol–water partition coefficient (Wildman–Crippen LogP) is 2.84. The van der Waals surface area contributed by atoms with E-state index in [9.17, 15) is 9.90 Å². The van der Waals surface area contributed by atoms with Gasteiger partial charge in [0.1, 0.15) is 5.01 Å². The Balaban J connectivity index is 1.62. The van der Waals surface area contributed by atoms with Crippen LogP contribution < -0.4 is 5.32 Å². The zero-order valence-electron chi connectivity index (χ0n) is 11.7. The first kappa shape index (κ1) is 14.7. The van der Waals surface area contributed by atoms with Crippen molar-refractivity contribution in [2.24, 2.45) is 0 Å². The minimum atomic E-state index is -0.399. The number of rotatable bonds is 5. The topological polar surface area (TPSA) is 62.2 Å². The molecule has 2 heterocycles. The molecule has 0 atom stereocenters. The molecule has 21 heavy (non-hydrogen) atoms. The SMILES string of the molecule is O=C(Cc1csc(-c2cccs2)n1)NC1(CO)CCCC1. The van der Waals surface area contributed by atoms with Gasteiger partial charge in [0.2, 0.25) is 5.91 Å². The maximum Gasteiger partial charge on any atom is 0.226 e. The Hall–Kier alpha value is -1.24. The van der Waals surface area contributed by atoms with E-state index in [0.29, 0.717) is 0 Å². The van der Waals surface area contributed by atoms with Crippen molar-refractivity contribution in [2.45, 2.75) is 37.6 Å². The molecule has 1 fully saturated rings. The molecule has 0 saturated heterocycles. The van der Waals surface area contributed by atoms with E-state index < -0.39 is 5.54 Å². The Kier molecular flexibility index (Phi) is 4.37. The molecular formula is C15H18N2O2S2. The summed E-state index contributed by atoms with van der Waals surface area (Å²) in [6.07, 6.45) is 4.16. The average Bonchev–Trinajstić information content (AvgIpc) is 3.19. The molecule has 1 aliphatic carbocycles. The van der Waals surface area contributed by atoms with Crippen molar-refractivity contribution in [2.75, 3.05) is 6.61 Å². The molecule has 0 bridgehead atoms. The fourth-order valence-corrected chi connectivity index (χ4v) is 4.41. The lowest BCUT2D eigenvalue weighted by Gasteiger charge is -2.27. The van der Waals surface area contributed by atoms with Crippen molar-refractivity contribution >= 4 is 28.6 Å². The van der Waals surface area contributed by atoms with Gasteiger partial charge in [0.25, 0.3) is 0 Å². The molecule has 0 aromatic carbocycles. The van der Waals surface area contributed by atoms with Crippen LogP contribution in [0.5, 0.6) is 0 Å². The first-order valence-corrected chi connectivity index (χ1v) is 8.87. The molecule has 2 aromatic heterocycles. The van der Waals surface area contributed by atoms with Crippen molar-refractivity contribution in [3.05, 3.63) is 28.6 Å². The van der Waals surface area contributed by atoms with E-state index in [-0.39, 0.29) is 18.9 Å². The smallest absolute Gasteiger partial charge is 0.226 e. The van der Waals surface area contributed by atoms with Crippen LogP contribution in [0, 0.1) is 0 Å². The second-order valence-electron chi connectivity index (χ2n) is 5.49. The van der Waals surface area contributed by atoms with Gasteiger partial charge in [0.15, 0.2) is 0 Å². The first-order valence-electron chi connectivity index (χ1n) is 7.11. The minimum Gasteiger partial charge on any atom is -0.394 e. The van der Waals surface area contributed by atoms with Crippen LogP contribution in [0.4, 0.5) is 0 Å². The lowest BCUT2D eigenvalue weighted by molar-refractivity contribution is -0.123. The van der Waals surface area contributed by atoms with Crippen LogP contribution in [0.3, 0.4) is 0 Å². The number of aromatic nitrogens is 1. The van der Waals surface area contributed by atoms with Crippen LogP contribution in [0.15, 0.2) is 22.9 Å². The van der Waals surface area contributed by atoms with Crippen molar-refractivity contribution in [1.82, 2.24) is 10.3 Å². The summed E-state index contributed by atoms with van der Waals surface area (Å²) in [6.45, 7) is 0.0241. The molecule has 0 radical (unpaired) electrons. The Morgan fingerprint density at radius 1 is 1.38 bits per heavy atom. The second-order valence-corrected chi connectivity index (χ2v) is 7.30. The molecule has 6 heteroatoms. The van der Waals surface area contributed by atoms with E-state index in [4.69, 9.17) is 0 Å². The maximum absolute atomic E-state index is 12.2. The van der Waals surface area contributed by atoms with E-state index in [1.54, 1.807) is 22.7 Å². The van der Waals surface area contributed by atoms with Gasteiger partial charge in [0.05, 0.1) is 29.1 Å². The van der Waals surface area contributed by atoms with Gasteiger partial charge in [-0.3, -0.25) is 4.79 Å². The van der Waals surface area contributed by atoms with Crippen molar-refractivity contribution < 1.29 is 9.90 Å². The highest BCUT2D eigenvalue weighted by molar-refractivity contribution is 7.20. The van der Waals surface area contributed by atoms with Gasteiger partial charge in [0, 0.05) is 5.38 Å². The number of nitrogens with zero attached hydrogens (tertiary/aromatic N) is 1. The highest BCUT2D eigenvalue weighted by Gasteiger charge is 2.34. The summed E-state index contributed by atoms with van der Waals surface area (Å²) in [4.78, 5) is 17.8. The highest BCUT2D eigenvalue weighted by Crippen LogP contribution is 2.30. The zero-order chi connectivity index (χ0) is 14.7. The standard InChI is InChI=1S/C15H18N2O2S2/c18-10-15(5-1-2-6-15)17-13(19)8-11-9-21-14(16-11)12-4-3-7-20-12/h3-4,7,9,18H,1-2,5-6,8,10H2,(H,17,19). The molecule has 2 aromatic rings. The van der Waals surface area contributed by atoms with Gasteiger partial charge >= 0.3 is 0 Å². The number of carbonyl (C=O) groups excluding carboxylic acids is 1. The highest BCUT2D eigenvalue weighted by atomic mass is 32.1. The predicted molar refractivity (Wildman–Crippen MR) is 85.6 cm³/mol. The fraction of sp³-hybridized carbons (Fsp3) is 0.467. The Bertz CT molecular complexity index is 601. The largest absolute Gasteiger partial charge is 0.394 e. The summed E-state index contributed by atoms with van der Waals surface area (Å²) < 4.78 is 0.